The molecule has 0 bridgehead atoms. The normalized spacial score (nSPS) is 14.1. The molecule has 0 amide bonds. The number of hydrogen-bond acceptors (Lipinski definition) is 4. The van der Waals surface area contributed by atoms with Crippen molar-refractivity contribution in [3.63, 3.8) is 0 Å². The van der Waals surface area contributed by atoms with Gasteiger partial charge in [-0.15, -0.1) is 11.6 Å². The second kappa shape index (κ2) is 5.37. The third-order valence-corrected chi connectivity index (χ3v) is 4.49. The van der Waals surface area contributed by atoms with E-state index in [0.717, 1.165) is 22.7 Å². The number of rotatable bonds is 5. The topological polar surface area (TPSA) is 69.8 Å². The van der Waals surface area contributed by atoms with E-state index in [9.17, 15) is 8.42 Å². The van der Waals surface area contributed by atoms with Crippen molar-refractivity contribution in [2.75, 3.05) is 17.9 Å². The Morgan fingerprint density at radius 2 is 2.05 bits per heavy atom. The third kappa shape index (κ3) is 2.83. The molecule has 0 aromatic carbocycles. The molecule has 1 atom stereocenters. The van der Waals surface area contributed by atoms with Gasteiger partial charge in [0.25, 0.3) is 0 Å². The highest BCUT2D eigenvalue weighted by atomic mass is 35.5. The molecule has 0 fully saturated rings. The molecule has 2 aromatic rings. The lowest BCUT2D eigenvalue weighted by molar-refractivity contribution is 0.547. The maximum Gasteiger partial charge on any atom is 0.158 e. The van der Waals surface area contributed by atoms with Crippen LogP contribution in [-0.4, -0.2) is 45.6 Å². The lowest BCUT2D eigenvalue weighted by Crippen LogP contribution is -2.20. The number of sulfone groups is 1. The molecular formula is C12H19ClN4O2S. The Morgan fingerprint density at radius 3 is 2.60 bits per heavy atom. The number of halogens is 1. The predicted molar refractivity (Wildman–Crippen MR) is 80.1 cm³/mol. The molecule has 6 nitrogen and oxygen atoms in total. The molecule has 0 radical (unpaired) electrons. The fourth-order valence-corrected chi connectivity index (χ4v) is 3.77. The van der Waals surface area contributed by atoms with E-state index in [-0.39, 0.29) is 11.8 Å². The average Bonchev–Trinajstić information content (AvgIpc) is 2.77. The van der Waals surface area contributed by atoms with Crippen molar-refractivity contribution in [3.8, 4) is 0 Å². The minimum absolute atomic E-state index is 0.0674. The zero-order valence-corrected chi connectivity index (χ0v) is 13.7. The lowest BCUT2D eigenvalue weighted by atomic mass is 10.3. The molecule has 112 valence electrons. The summed E-state index contributed by atoms with van der Waals surface area (Å²) in [4.78, 5) is 4.57. The number of hydrogen-bond donors (Lipinski definition) is 0. The summed E-state index contributed by atoms with van der Waals surface area (Å²) in [6, 6.07) is -0.206. The van der Waals surface area contributed by atoms with Crippen LogP contribution in [0.5, 0.6) is 0 Å². The molecule has 2 aromatic heterocycles. The molecule has 0 aliphatic heterocycles. The number of fused-ring (bicyclic) bond motifs is 1. The maximum atomic E-state index is 11.6. The van der Waals surface area contributed by atoms with E-state index >= 15 is 0 Å². The molecular weight excluding hydrogens is 300 g/mol. The molecule has 2 heterocycles. The lowest BCUT2D eigenvalue weighted by Gasteiger charge is -2.16. The first-order valence-corrected chi connectivity index (χ1v) is 8.98. The Hall–Kier alpha value is -1.08. The van der Waals surface area contributed by atoms with E-state index in [0.29, 0.717) is 12.3 Å². The van der Waals surface area contributed by atoms with E-state index in [1.807, 2.05) is 25.5 Å². The Labute approximate surface area is 123 Å². The van der Waals surface area contributed by atoms with Gasteiger partial charge < -0.3 is 4.57 Å². The van der Waals surface area contributed by atoms with Crippen LogP contribution < -0.4 is 0 Å². The first-order valence-electron chi connectivity index (χ1n) is 6.38. The average molecular weight is 319 g/mol. The van der Waals surface area contributed by atoms with Crippen LogP contribution in [0.1, 0.15) is 24.5 Å². The minimum atomic E-state index is -3.07. The van der Waals surface area contributed by atoms with Gasteiger partial charge in [0.15, 0.2) is 5.65 Å². The van der Waals surface area contributed by atoms with Crippen molar-refractivity contribution >= 4 is 32.6 Å². The van der Waals surface area contributed by atoms with Gasteiger partial charge in [0.05, 0.1) is 11.4 Å². The van der Waals surface area contributed by atoms with Crippen molar-refractivity contribution in [2.24, 2.45) is 7.05 Å². The van der Waals surface area contributed by atoms with Crippen LogP contribution in [0.25, 0.3) is 11.2 Å². The molecule has 0 spiro atoms. The third-order valence-electron chi connectivity index (χ3n) is 3.21. The second-order valence-electron chi connectivity index (χ2n) is 5.16. The highest BCUT2D eigenvalue weighted by Gasteiger charge is 2.22. The summed E-state index contributed by atoms with van der Waals surface area (Å²) in [6.07, 6.45) is 1.84. The zero-order valence-electron chi connectivity index (χ0n) is 12.1. The Kier molecular flexibility index (Phi) is 4.11. The van der Waals surface area contributed by atoms with Crippen LogP contribution in [-0.2, 0) is 23.3 Å². The quantitative estimate of drug-likeness (QED) is 0.783. The van der Waals surface area contributed by atoms with Gasteiger partial charge in [-0.25, -0.2) is 13.4 Å². The molecule has 0 N–H and O–H groups in total. The number of nitrogens with zero attached hydrogens (tertiary/aromatic N) is 4. The monoisotopic (exact) mass is 318 g/mol. The van der Waals surface area contributed by atoms with Gasteiger partial charge in [0.2, 0.25) is 0 Å². The summed E-state index contributed by atoms with van der Waals surface area (Å²) in [7, 11) is -1.23. The van der Waals surface area contributed by atoms with Crippen LogP contribution >= 0.6 is 11.6 Å². The van der Waals surface area contributed by atoms with Crippen molar-refractivity contribution in [2.45, 2.75) is 26.3 Å². The van der Waals surface area contributed by atoms with Gasteiger partial charge in [0, 0.05) is 31.6 Å². The summed E-state index contributed by atoms with van der Waals surface area (Å²) >= 11 is 5.83. The van der Waals surface area contributed by atoms with Gasteiger partial charge in [-0.05, 0) is 13.8 Å². The number of alkyl halides is 1. The summed E-state index contributed by atoms with van der Waals surface area (Å²) in [5, 5.41) is 4.34. The fourth-order valence-electron chi connectivity index (χ4n) is 2.58. The van der Waals surface area contributed by atoms with Gasteiger partial charge in [0.1, 0.15) is 21.2 Å². The highest BCUT2D eigenvalue weighted by Crippen LogP contribution is 2.24. The highest BCUT2D eigenvalue weighted by molar-refractivity contribution is 7.90. The number of aryl methyl sites for hydroxylation is 3. The predicted octanol–water partition coefficient (Wildman–Crippen LogP) is 1.47. The first kappa shape index (κ1) is 15.3. The molecule has 20 heavy (non-hydrogen) atoms. The Balaban J connectivity index is 2.61. The number of imidazole rings is 1. The summed E-state index contributed by atoms with van der Waals surface area (Å²) in [5.41, 5.74) is 2.50. The second-order valence-corrected chi connectivity index (χ2v) is 7.72. The summed E-state index contributed by atoms with van der Waals surface area (Å²) in [5.74, 6) is 1.32. The molecule has 0 aliphatic carbocycles. The van der Waals surface area contributed by atoms with Gasteiger partial charge in [-0.2, -0.15) is 5.10 Å². The van der Waals surface area contributed by atoms with E-state index < -0.39 is 9.84 Å². The summed E-state index contributed by atoms with van der Waals surface area (Å²) < 4.78 is 26.8. The smallest absolute Gasteiger partial charge is 0.158 e. The minimum Gasteiger partial charge on any atom is -0.309 e. The van der Waals surface area contributed by atoms with Crippen LogP contribution in [0.15, 0.2) is 0 Å². The molecule has 0 aliphatic rings. The molecule has 1 unspecified atom stereocenters. The molecule has 0 saturated heterocycles. The van der Waals surface area contributed by atoms with Crippen LogP contribution in [0, 0.1) is 6.92 Å². The fraction of sp³-hybridized carbons (Fsp3) is 0.667. The van der Waals surface area contributed by atoms with E-state index in [1.54, 1.807) is 4.68 Å². The van der Waals surface area contributed by atoms with Crippen LogP contribution in [0.4, 0.5) is 0 Å². The first-order chi connectivity index (χ1) is 9.24. The largest absolute Gasteiger partial charge is 0.309 e. The van der Waals surface area contributed by atoms with E-state index in [2.05, 4.69) is 10.1 Å². The van der Waals surface area contributed by atoms with Gasteiger partial charge in [-0.1, -0.05) is 0 Å². The maximum absolute atomic E-state index is 11.6. The van der Waals surface area contributed by atoms with E-state index in [1.165, 1.54) is 6.26 Å². The standard InChI is InChI=1S/C12H19ClN4O2S/c1-8(7-20(4,18)19)17-10(5-6-13)14-11-9(2)15-16(3)12(11)17/h8H,5-7H2,1-4H3. The van der Waals surface area contributed by atoms with Crippen molar-refractivity contribution < 1.29 is 8.42 Å². The Bertz CT molecular complexity index is 732. The number of aromatic nitrogens is 4. The van der Waals surface area contributed by atoms with Crippen LogP contribution in [0.3, 0.4) is 0 Å². The van der Waals surface area contributed by atoms with Crippen molar-refractivity contribution in [3.05, 3.63) is 11.5 Å². The van der Waals surface area contributed by atoms with Gasteiger partial charge >= 0.3 is 0 Å². The summed E-state index contributed by atoms with van der Waals surface area (Å²) in [6.45, 7) is 3.77. The Morgan fingerprint density at radius 1 is 1.40 bits per heavy atom. The zero-order chi connectivity index (χ0) is 15.1. The molecule has 2 rings (SSSR count). The van der Waals surface area contributed by atoms with Crippen molar-refractivity contribution in [1.29, 1.82) is 0 Å². The van der Waals surface area contributed by atoms with Crippen LogP contribution in [0.2, 0.25) is 0 Å². The van der Waals surface area contributed by atoms with E-state index in [4.69, 9.17) is 11.6 Å². The van der Waals surface area contributed by atoms with Crippen molar-refractivity contribution in [1.82, 2.24) is 19.3 Å². The molecule has 8 heteroatoms. The van der Waals surface area contributed by atoms with Gasteiger partial charge in [-0.3, -0.25) is 4.68 Å². The molecule has 0 saturated carbocycles. The SMILES string of the molecule is Cc1nn(C)c2c1nc(CCCl)n2C(C)CS(C)(=O)=O.